The van der Waals surface area contributed by atoms with Crippen LogP contribution >= 0.6 is 22.7 Å². The molecule has 10 heteroatoms. The number of carbonyl (C=O) groups excluding carboxylic acids is 2. The number of amides is 2. The summed E-state index contributed by atoms with van der Waals surface area (Å²) in [5.74, 6) is 0.344. The Labute approximate surface area is 229 Å². The van der Waals surface area contributed by atoms with Crippen molar-refractivity contribution in [3.8, 4) is 0 Å². The molecule has 0 unspecified atom stereocenters. The third-order valence-corrected chi connectivity index (χ3v) is 8.97. The Morgan fingerprint density at radius 2 is 1.18 bits per heavy atom. The monoisotopic (exact) mass is 546 g/mol. The molecule has 8 nitrogen and oxygen atoms in total. The summed E-state index contributed by atoms with van der Waals surface area (Å²) < 4.78 is 0. The largest absolute Gasteiger partial charge is 0.300 e. The Balaban J connectivity index is 1.16. The molecule has 0 radical (unpaired) electrons. The molecule has 1 fully saturated rings. The first-order valence-electron chi connectivity index (χ1n) is 12.8. The van der Waals surface area contributed by atoms with E-state index in [-0.39, 0.29) is 23.7 Å². The molecule has 4 aromatic rings. The molecule has 5 rings (SSSR count). The van der Waals surface area contributed by atoms with Gasteiger partial charge in [0.05, 0.1) is 12.8 Å². The second kappa shape index (κ2) is 11.9. The maximum absolute atomic E-state index is 12.5. The number of aryl methyl sites for hydroxylation is 2. The number of anilines is 2. The van der Waals surface area contributed by atoms with Crippen molar-refractivity contribution in [3.63, 3.8) is 0 Å². The van der Waals surface area contributed by atoms with Gasteiger partial charge in [-0.2, -0.15) is 0 Å². The summed E-state index contributed by atoms with van der Waals surface area (Å²) in [4.78, 5) is 25.1. The van der Waals surface area contributed by atoms with Gasteiger partial charge in [0.1, 0.15) is 10.0 Å². The predicted octanol–water partition coefficient (Wildman–Crippen LogP) is 5.81. The first kappa shape index (κ1) is 26.1. The third-order valence-electron chi connectivity index (χ3n) is 6.97. The Bertz CT molecular complexity index is 1330. The minimum absolute atomic E-state index is 0.0885. The molecular weight excluding hydrogens is 516 g/mol. The third kappa shape index (κ3) is 6.49. The summed E-state index contributed by atoms with van der Waals surface area (Å²) >= 11 is 2.90. The van der Waals surface area contributed by atoms with E-state index in [4.69, 9.17) is 0 Å². The van der Waals surface area contributed by atoms with Crippen molar-refractivity contribution in [1.82, 2.24) is 20.4 Å². The second-order valence-corrected chi connectivity index (χ2v) is 11.8. The van der Waals surface area contributed by atoms with Crippen LogP contribution in [0.3, 0.4) is 0 Å². The average Bonchev–Trinajstić information content (AvgIpc) is 3.57. The molecule has 1 aliphatic rings. The first-order chi connectivity index (χ1) is 18.4. The Hall–Kier alpha value is -3.50. The van der Waals surface area contributed by atoms with Gasteiger partial charge in [-0.25, -0.2) is 0 Å². The van der Waals surface area contributed by atoms with Gasteiger partial charge in [-0.15, -0.1) is 20.4 Å². The van der Waals surface area contributed by atoms with Gasteiger partial charge in [0.25, 0.3) is 0 Å². The fourth-order valence-electron chi connectivity index (χ4n) is 4.83. The van der Waals surface area contributed by atoms with Gasteiger partial charge in [0, 0.05) is 11.8 Å². The van der Waals surface area contributed by atoms with Crippen molar-refractivity contribution in [3.05, 3.63) is 80.8 Å². The predicted molar refractivity (Wildman–Crippen MR) is 151 cm³/mol. The number of carbonyl (C=O) groups is 2. The van der Waals surface area contributed by atoms with Gasteiger partial charge in [0.2, 0.25) is 22.1 Å². The zero-order valence-corrected chi connectivity index (χ0v) is 23.1. The van der Waals surface area contributed by atoms with E-state index in [1.165, 1.54) is 22.7 Å². The minimum Gasteiger partial charge on any atom is -0.300 e. The molecule has 0 aliphatic heterocycles. The Morgan fingerprint density at radius 1 is 0.737 bits per heavy atom. The highest BCUT2D eigenvalue weighted by Gasteiger charge is 2.29. The highest BCUT2D eigenvalue weighted by atomic mass is 32.1. The summed E-state index contributed by atoms with van der Waals surface area (Å²) in [5, 5.41) is 26.0. The van der Waals surface area contributed by atoms with E-state index >= 15 is 0 Å². The van der Waals surface area contributed by atoms with Crippen LogP contribution in [0.2, 0.25) is 0 Å². The molecule has 2 N–H and O–H groups in total. The van der Waals surface area contributed by atoms with Crippen molar-refractivity contribution < 1.29 is 9.59 Å². The van der Waals surface area contributed by atoms with E-state index in [9.17, 15) is 9.59 Å². The second-order valence-electron chi connectivity index (χ2n) is 9.75. The van der Waals surface area contributed by atoms with E-state index in [0.717, 1.165) is 58.0 Å². The summed E-state index contributed by atoms with van der Waals surface area (Å²) in [6, 6.07) is 15.8. The van der Waals surface area contributed by atoms with E-state index < -0.39 is 0 Å². The Kier molecular flexibility index (Phi) is 8.19. The van der Waals surface area contributed by atoms with Crippen LogP contribution in [-0.4, -0.2) is 32.2 Å². The molecule has 2 amide bonds. The van der Waals surface area contributed by atoms with Crippen LogP contribution in [0.4, 0.5) is 10.3 Å². The van der Waals surface area contributed by atoms with Crippen molar-refractivity contribution in [2.75, 3.05) is 10.6 Å². The lowest BCUT2D eigenvalue weighted by Crippen LogP contribution is -2.14. The fourth-order valence-corrected chi connectivity index (χ4v) is 6.64. The minimum atomic E-state index is -0.0885. The molecule has 196 valence electrons. The molecular formula is C28H30N6O2S2. The molecule has 0 spiro atoms. The maximum Gasteiger partial charge on any atom is 0.230 e. The highest BCUT2D eigenvalue weighted by Crippen LogP contribution is 2.43. The van der Waals surface area contributed by atoms with Crippen LogP contribution in [-0.2, 0) is 22.4 Å². The lowest BCUT2D eigenvalue weighted by atomic mass is 9.82. The molecule has 0 bridgehead atoms. The fraction of sp³-hybridized carbons (Fsp3) is 0.357. The maximum atomic E-state index is 12.5. The lowest BCUT2D eigenvalue weighted by molar-refractivity contribution is -0.116. The van der Waals surface area contributed by atoms with Gasteiger partial charge in [-0.3, -0.25) is 9.59 Å². The smallest absolute Gasteiger partial charge is 0.230 e. The molecule has 38 heavy (non-hydrogen) atoms. The van der Waals surface area contributed by atoms with Gasteiger partial charge in [-0.1, -0.05) is 77.6 Å². The van der Waals surface area contributed by atoms with Crippen molar-refractivity contribution in [2.24, 2.45) is 0 Å². The number of hydrogen-bond acceptors (Lipinski definition) is 8. The molecule has 2 atom stereocenters. The van der Waals surface area contributed by atoms with Gasteiger partial charge in [-0.05, 0) is 55.4 Å². The van der Waals surface area contributed by atoms with Crippen molar-refractivity contribution in [2.45, 2.75) is 64.2 Å². The SMILES string of the molecule is Cc1ccccc1CC(=O)Nc1nnc([C@@H]2CCC[C@@H](c3nnc(NC(=O)Cc4ccccc4C)s3)C2)s1. The normalized spacial score (nSPS) is 17.2. The number of nitrogens with one attached hydrogen (secondary N) is 2. The molecule has 2 heterocycles. The van der Waals surface area contributed by atoms with E-state index in [0.29, 0.717) is 23.1 Å². The first-order valence-corrected chi connectivity index (χ1v) is 14.4. The van der Waals surface area contributed by atoms with E-state index in [1.54, 1.807) is 0 Å². The van der Waals surface area contributed by atoms with Crippen LogP contribution in [0.15, 0.2) is 48.5 Å². The van der Waals surface area contributed by atoms with E-state index in [1.807, 2.05) is 62.4 Å². The summed E-state index contributed by atoms with van der Waals surface area (Å²) in [7, 11) is 0. The van der Waals surface area contributed by atoms with Gasteiger partial charge in [0.15, 0.2) is 0 Å². The molecule has 2 aromatic heterocycles. The van der Waals surface area contributed by atoms with Gasteiger partial charge >= 0.3 is 0 Å². The summed E-state index contributed by atoms with van der Waals surface area (Å²) in [6.07, 6.45) is 4.64. The van der Waals surface area contributed by atoms with Crippen LogP contribution in [0, 0.1) is 13.8 Å². The number of aromatic nitrogens is 4. The summed E-state index contributed by atoms with van der Waals surface area (Å²) in [6.45, 7) is 4.01. The van der Waals surface area contributed by atoms with Crippen LogP contribution in [0.1, 0.15) is 69.8 Å². The summed E-state index contributed by atoms with van der Waals surface area (Å²) in [5.41, 5.74) is 4.21. The topological polar surface area (TPSA) is 110 Å². The van der Waals surface area contributed by atoms with Crippen LogP contribution in [0.5, 0.6) is 0 Å². The molecule has 1 saturated carbocycles. The Morgan fingerprint density at radius 3 is 1.63 bits per heavy atom. The number of hydrogen-bond donors (Lipinski definition) is 2. The van der Waals surface area contributed by atoms with Crippen LogP contribution in [0.25, 0.3) is 0 Å². The standard InChI is InChI=1S/C28H30N6O2S2/c1-17-8-3-5-10-19(17)15-23(35)29-27-33-31-25(37-27)21-12-7-13-22(14-21)26-32-34-28(38-26)30-24(36)16-20-11-6-4-9-18(20)2/h3-6,8-11,21-22H,7,12-16H2,1-2H3,(H,29,33,35)(H,30,34,36)/t21-,22-/m1/s1. The van der Waals surface area contributed by atoms with Crippen molar-refractivity contribution in [1.29, 1.82) is 0 Å². The zero-order chi connectivity index (χ0) is 26.5. The molecule has 1 aliphatic carbocycles. The van der Waals surface area contributed by atoms with Gasteiger partial charge < -0.3 is 10.6 Å². The highest BCUT2D eigenvalue weighted by molar-refractivity contribution is 7.15. The van der Waals surface area contributed by atoms with Crippen molar-refractivity contribution >= 4 is 44.8 Å². The molecule has 0 saturated heterocycles. The lowest BCUT2D eigenvalue weighted by Gasteiger charge is -2.25. The number of nitrogens with zero attached hydrogens (tertiary/aromatic N) is 4. The number of benzene rings is 2. The zero-order valence-electron chi connectivity index (χ0n) is 21.4. The molecule has 2 aromatic carbocycles. The quantitative estimate of drug-likeness (QED) is 0.289. The number of rotatable bonds is 8. The average molecular weight is 547 g/mol. The van der Waals surface area contributed by atoms with Crippen LogP contribution < -0.4 is 10.6 Å². The van der Waals surface area contributed by atoms with E-state index in [2.05, 4.69) is 31.0 Å².